The monoisotopic (exact) mass is 491 g/mol. The van der Waals surface area contributed by atoms with E-state index in [0.717, 1.165) is 18.3 Å². The van der Waals surface area contributed by atoms with Crippen molar-refractivity contribution in [1.29, 1.82) is 0 Å². The van der Waals surface area contributed by atoms with Crippen LogP contribution in [0.1, 0.15) is 28.6 Å². The van der Waals surface area contributed by atoms with E-state index in [2.05, 4.69) is 20.3 Å². The number of aliphatic hydroxyl groups is 2. The molecule has 1 amide bonds. The van der Waals surface area contributed by atoms with E-state index < -0.39 is 47.5 Å². The number of carbonyl (C=O) groups excluding carboxylic acids is 1. The van der Waals surface area contributed by atoms with Gasteiger partial charge in [-0.25, -0.2) is 18.7 Å². The largest absolute Gasteiger partial charge is 0.396 e. The number of ether oxygens (including phenoxy) is 1. The SMILES string of the molecule is Nc1cnc(-c2c(F)cccc2F)nc1C(=O)Nc1cnccc1[C@H]1C[C@@H](O)[C@H](O)[C@@H](CCl)O1. The number of hydrogen-bond donors (Lipinski definition) is 4. The van der Waals surface area contributed by atoms with Gasteiger partial charge in [0.2, 0.25) is 0 Å². The fourth-order valence-corrected chi connectivity index (χ4v) is 3.91. The Bertz CT molecular complexity index is 1200. The van der Waals surface area contributed by atoms with Crippen LogP contribution in [0, 0.1) is 11.6 Å². The number of carbonyl (C=O) groups is 1. The van der Waals surface area contributed by atoms with Gasteiger partial charge in [0.1, 0.15) is 23.8 Å². The fraction of sp³-hybridized carbons (Fsp3) is 0.273. The average Bonchev–Trinajstić information content (AvgIpc) is 2.82. The number of rotatable bonds is 5. The number of alkyl halides is 1. The molecule has 0 aliphatic carbocycles. The molecule has 5 N–H and O–H groups in total. The second kappa shape index (κ2) is 9.94. The van der Waals surface area contributed by atoms with Gasteiger partial charge in [0.25, 0.3) is 5.91 Å². The summed E-state index contributed by atoms with van der Waals surface area (Å²) >= 11 is 5.84. The Morgan fingerprint density at radius 1 is 1.24 bits per heavy atom. The zero-order valence-corrected chi connectivity index (χ0v) is 18.3. The van der Waals surface area contributed by atoms with Gasteiger partial charge in [0, 0.05) is 18.2 Å². The van der Waals surface area contributed by atoms with Gasteiger partial charge in [0.05, 0.1) is 47.4 Å². The minimum Gasteiger partial charge on any atom is -0.396 e. The average molecular weight is 492 g/mol. The van der Waals surface area contributed by atoms with Gasteiger partial charge in [-0.1, -0.05) is 6.07 Å². The number of nitrogens with two attached hydrogens (primary N) is 1. The summed E-state index contributed by atoms with van der Waals surface area (Å²) in [5, 5.41) is 22.8. The summed E-state index contributed by atoms with van der Waals surface area (Å²) < 4.78 is 34.2. The van der Waals surface area contributed by atoms with Crippen molar-refractivity contribution in [3.63, 3.8) is 0 Å². The first-order valence-electron chi connectivity index (χ1n) is 10.2. The number of nitrogens with zero attached hydrogens (tertiary/aromatic N) is 3. The van der Waals surface area contributed by atoms with Crippen molar-refractivity contribution in [2.75, 3.05) is 16.9 Å². The summed E-state index contributed by atoms with van der Waals surface area (Å²) in [4.78, 5) is 24.8. The number of nitrogen functional groups attached to an aromatic ring is 1. The Hall–Kier alpha value is -3.25. The highest BCUT2D eigenvalue weighted by Gasteiger charge is 2.37. The van der Waals surface area contributed by atoms with Crippen LogP contribution in [-0.4, -0.2) is 55.3 Å². The lowest BCUT2D eigenvalue weighted by Gasteiger charge is -2.37. The summed E-state index contributed by atoms with van der Waals surface area (Å²) in [7, 11) is 0. The van der Waals surface area contributed by atoms with Crippen LogP contribution in [0.2, 0.25) is 0 Å². The van der Waals surface area contributed by atoms with Crippen LogP contribution in [0.5, 0.6) is 0 Å². The Kier molecular flexibility index (Phi) is 6.98. The fourth-order valence-electron chi connectivity index (χ4n) is 3.66. The van der Waals surface area contributed by atoms with Crippen molar-refractivity contribution in [1.82, 2.24) is 15.0 Å². The molecule has 34 heavy (non-hydrogen) atoms. The van der Waals surface area contributed by atoms with Crippen LogP contribution in [-0.2, 0) is 4.74 Å². The van der Waals surface area contributed by atoms with E-state index in [9.17, 15) is 23.8 Å². The van der Waals surface area contributed by atoms with E-state index in [1.807, 2.05) is 0 Å². The van der Waals surface area contributed by atoms with Gasteiger partial charge in [-0.05, 0) is 18.2 Å². The maximum absolute atomic E-state index is 14.2. The zero-order valence-electron chi connectivity index (χ0n) is 17.5. The molecule has 1 aliphatic heterocycles. The standard InChI is InChI=1S/C22H20ClF2N5O4/c23-7-17-20(32)15(31)6-16(34-17)10-4-5-27-9-14(10)29-22(33)19-13(26)8-28-21(30-19)18-11(24)2-1-3-12(18)25/h1-5,8-9,15-17,20,31-32H,6-7,26H2,(H,29,33)/t15-,16-,17-,20+/m1/s1. The van der Waals surface area contributed by atoms with Gasteiger partial charge in [0.15, 0.2) is 11.5 Å². The molecule has 4 atom stereocenters. The van der Waals surface area contributed by atoms with Crippen molar-refractivity contribution in [3.8, 4) is 11.4 Å². The lowest BCUT2D eigenvalue weighted by Crippen LogP contribution is -2.46. The van der Waals surface area contributed by atoms with E-state index in [1.54, 1.807) is 6.07 Å². The highest BCUT2D eigenvalue weighted by Crippen LogP contribution is 2.36. The highest BCUT2D eigenvalue weighted by atomic mass is 35.5. The van der Waals surface area contributed by atoms with E-state index in [4.69, 9.17) is 22.1 Å². The van der Waals surface area contributed by atoms with E-state index >= 15 is 0 Å². The highest BCUT2D eigenvalue weighted by molar-refractivity contribution is 6.18. The molecule has 0 spiro atoms. The maximum Gasteiger partial charge on any atom is 0.276 e. The normalized spacial score (nSPS) is 22.4. The number of aliphatic hydroxyl groups excluding tert-OH is 2. The first-order chi connectivity index (χ1) is 16.3. The Morgan fingerprint density at radius 3 is 2.68 bits per heavy atom. The predicted molar refractivity (Wildman–Crippen MR) is 119 cm³/mol. The molecule has 2 aromatic heterocycles. The van der Waals surface area contributed by atoms with Gasteiger partial charge < -0.3 is 26.0 Å². The number of amides is 1. The summed E-state index contributed by atoms with van der Waals surface area (Å²) in [5.41, 5.74) is 5.65. The minimum atomic E-state index is -1.15. The summed E-state index contributed by atoms with van der Waals surface area (Å²) in [6.07, 6.45) is 0.211. The van der Waals surface area contributed by atoms with Crippen molar-refractivity contribution < 1.29 is 28.5 Å². The third-order valence-corrected chi connectivity index (χ3v) is 5.69. The Morgan fingerprint density at radius 2 is 1.97 bits per heavy atom. The molecule has 9 nitrogen and oxygen atoms in total. The molecule has 3 aromatic rings. The molecule has 1 fully saturated rings. The second-order valence-corrected chi connectivity index (χ2v) is 7.93. The van der Waals surface area contributed by atoms with Crippen molar-refractivity contribution in [2.45, 2.75) is 30.8 Å². The molecule has 0 unspecified atom stereocenters. The van der Waals surface area contributed by atoms with Crippen LogP contribution in [0.4, 0.5) is 20.2 Å². The van der Waals surface area contributed by atoms with Crippen molar-refractivity contribution in [2.24, 2.45) is 0 Å². The number of nitrogens with one attached hydrogen (secondary N) is 1. The lowest BCUT2D eigenvalue weighted by molar-refractivity contribution is -0.162. The number of hydrogen-bond acceptors (Lipinski definition) is 8. The smallest absolute Gasteiger partial charge is 0.276 e. The summed E-state index contributed by atoms with van der Waals surface area (Å²) in [6, 6.07) is 4.87. The minimum absolute atomic E-state index is 0.0473. The van der Waals surface area contributed by atoms with Gasteiger partial charge in [-0.3, -0.25) is 9.78 Å². The quantitative estimate of drug-likeness (QED) is 0.398. The van der Waals surface area contributed by atoms with Crippen LogP contribution in [0.25, 0.3) is 11.4 Å². The maximum atomic E-state index is 14.2. The van der Waals surface area contributed by atoms with Crippen molar-refractivity contribution >= 4 is 28.9 Å². The molecule has 3 heterocycles. The third kappa shape index (κ3) is 4.68. The number of pyridine rings is 1. The second-order valence-electron chi connectivity index (χ2n) is 7.62. The third-order valence-electron chi connectivity index (χ3n) is 5.39. The van der Waals surface area contributed by atoms with E-state index in [-0.39, 0.29) is 35.2 Å². The Labute approximate surface area is 197 Å². The topological polar surface area (TPSA) is 143 Å². The van der Waals surface area contributed by atoms with E-state index in [0.29, 0.717) is 5.56 Å². The molecular weight excluding hydrogens is 472 g/mol. The van der Waals surface area contributed by atoms with E-state index in [1.165, 1.54) is 18.5 Å². The van der Waals surface area contributed by atoms with Crippen LogP contribution >= 0.6 is 11.6 Å². The molecule has 0 saturated carbocycles. The van der Waals surface area contributed by atoms with Gasteiger partial charge in [-0.15, -0.1) is 11.6 Å². The van der Waals surface area contributed by atoms with Gasteiger partial charge in [-0.2, -0.15) is 0 Å². The van der Waals surface area contributed by atoms with Crippen LogP contribution in [0.3, 0.4) is 0 Å². The molecule has 0 bridgehead atoms. The van der Waals surface area contributed by atoms with Crippen molar-refractivity contribution in [3.05, 3.63) is 65.7 Å². The summed E-state index contributed by atoms with van der Waals surface area (Å²) in [5.74, 6) is -2.96. The zero-order chi connectivity index (χ0) is 24.4. The molecule has 4 rings (SSSR count). The number of halogens is 3. The Balaban J connectivity index is 1.64. The predicted octanol–water partition coefficient (Wildman–Crippen LogP) is 2.44. The first-order valence-corrected chi connectivity index (χ1v) is 10.7. The summed E-state index contributed by atoms with van der Waals surface area (Å²) in [6.45, 7) is 0. The van der Waals surface area contributed by atoms with Gasteiger partial charge >= 0.3 is 0 Å². The molecule has 0 radical (unpaired) electrons. The molecule has 12 heteroatoms. The number of anilines is 2. The molecule has 1 saturated heterocycles. The molecular formula is C22H20ClF2N5O4. The van der Waals surface area contributed by atoms with Crippen LogP contribution < -0.4 is 11.1 Å². The number of aromatic nitrogens is 3. The first kappa shape index (κ1) is 23.9. The lowest BCUT2D eigenvalue weighted by atomic mass is 9.94. The van der Waals surface area contributed by atoms with Crippen LogP contribution in [0.15, 0.2) is 42.9 Å². The molecule has 1 aromatic carbocycles. The molecule has 178 valence electrons. The molecule has 1 aliphatic rings. The number of benzene rings is 1.